The van der Waals surface area contributed by atoms with Gasteiger partial charge in [0.15, 0.2) is 0 Å². The Kier molecular flexibility index (Phi) is 7.81. The van der Waals surface area contributed by atoms with E-state index in [9.17, 15) is 9.59 Å². The molecule has 0 aliphatic carbocycles. The third-order valence-corrected chi connectivity index (χ3v) is 7.00. The van der Waals surface area contributed by atoms with Gasteiger partial charge in [0.1, 0.15) is 24.0 Å². The van der Waals surface area contributed by atoms with Gasteiger partial charge in [-0.1, -0.05) is 42.5 Å². The van der Waals surface area contributed by atoms with Gasteiger partial charge in [0, 0.05) is 6.42 Å². The number of benzene rings is 3. The topological polar surface area (TPSA) is 65.1 Å². The Bertz CT molecular complexity index is 1330. The molecule has 0 spiro atoms. The van der Waals surface area contributed by atoms with Crippen molar-refractivity contribution < 1.29 is 23.8 Å². The molecule has 0 fully saturated rings. The highest BCUT2D eigenvalue weighted by Gasteiger charge is 2.37. The lowest BCUT2D eigenvalue weighted by Gasteiger charge is -2.36. The summed E-state index contributed by atoms with van der Waals surface area (Å²) in [6.07, 6.45) is -0.179. The molecule has 1 aliphatic rings. The van der Waals surface area contributed by atoms with Gasteiger partial charge in [0.25, 0.3) is 0 Å². The minimum Gasteiger partial charge on any atom is -0.489 e. The van der Waals surface area contributed by atoms with E-state index in [4.69, 9.17) is 14.2 Å². The lowest BCUT2D eigenvalue weighted by Crippen LogP contribution is -2.50. The SMILES string of the molecule is COC(=O)[C@@H]1Cc2ccc(OCc3cccc(-c4c(C)cccc4C)c3C)cc2CN1C(=O)OC(C)(C)C. The quantitative estimate of drug-likeness (QED) is 0.354. The van der Waals surface area contributed by atoms with Crippen molar-refractivity contribution in [1.82, 2.24) is 4.90 Å². The normalized spacial score (nSPS) is 15.0. The van der Waals surface area contributed by atoms with Crippen LogP contribution in [0.2, 0.25) is 0 Å². The van der Waals surface area contributed by atoms with Crippen LogP contribution in [0.1, 0.15) is 54.2 Å². The second kappa shape index (κ2) is 10.9. The van der Waals surface area contributed by atoms with E-state index in [1.165, 1.54) is 39.8 Å². The molecule has 0 saturated heterocycles. The maximum absolute atomic E-state index is 12.9. The molecular weight excluding hydrogens is 478 g/mol. The molecule has 4 rings (SSSR count). The monoisotopic (exact) mass is 515 g/mol. The van der Waals surface area contributed by atoms with E-state index in [0.29, 0.717) is 18.8 Å². The van der Waals surface area contributed by atoms with Gasteiger partial charge in [-0.3, -0.25) is 4.90 Å². The number of hydrogen-bond donors (Lipinski definition) is 0. The molecule has 0 unspecified atom stereocenters. The predicted molar refractivity (Wildman–Crippen MR) is 148 cm³/mol. The van der Waals surface area contributed by atoms with Crippen molar-refractivity contribution in [1.29, 1.82) is 0 Å². The minimum absolute atomic E-state index is 0.238. The van der Waals surface area contributed by atoms with Crippen LogP contribution in [0.4, 0.5) is 4.79 Å². The van der Waals surface area contributed by atoms with Crippen molar-refractivity contribution in [3.8, 4) is 16.9 Å². The van der Waals surface area contributed by atoms with Gasteiger partial charge < -0.3 is 14.2 Å². The van der Waals surface area contributed by atoms with Crippen molar-refractivity contribution in [2.24, 2.45) is 0 Å². The Labute approximate surface area is 225 Å². The number of carbonyl (C=O) groups excluding carboxylic acids is 2. The zero-order valence-corrected chi connectivity index (χ0v) is 23.4. The molecule has 0 bridgehead atoms. The van der Waals surface area contributed by atoms with Gasteiger partial charge >= 0.3 is 12.1 Å². The summed E-state index contributed by atoms with van der Waals surface area (Å²) >= 11 is 0. The van der Waals surface area contributed by atoms with E-state index >= 15 is 0 Å². The summed E-state index contributed by atoms with van der Waals surface area (Å²) in [6.45, 7) is 12.5. The first-order valence-electron chi connectivity index (χ1n) is 13.0. The summed E-state index contributed by atoms with van der Waals surface area (Å²) in [5.74, 6) is 0.252. The lowest BCUT2D eigenvalue weighted by molar-refractivity contribution is -0.147. The maximum Gasteiger partial charge on any atom is 0.411 e. The number of esters is 1. The summed E-state index contributed by atoms with van der Waals surface area (Å²) in [4.78, 5) is 26.9. The highest BCUT2D eigenvalue weighted by Crippen LogP contribution is 2.33. The van der Waals surface area contributed by atoms with Crippen LogP contribution >= 0.6 is 0 Å². The molecule has 3 aromatic rings. The molecule has 1 aliphatic heterocycles. The molecular formula is C32H37NO5. The van der Waals surface area contributed by atoms with Crippen LogP contribution in [0.25, 0.3) is 11.1 Å². The molecule has 0 aromatic heterocycles. The largest absolute Gasteiger partial charge is 0.489 e. The van der Waals surface area contributed by atoms with E-state index < -0.39 is 23.7 Å². The van der Waals surface area contributed by atoms with Crippen LogP contribution in [0.5, 0.6) is 5.75 Å². The van der Waals surface area contributed by atoms with Crippen molar-refractivity contribution >= 4 is 12.1 Å². The molecule has 1 heterocycles. The van der Waals surface area contributed by atoms with Crippen LogP contribution in [0, 0.1) is 20.8 Å². The first-order chi connectivity index (χ1) is 18.0. The molecule has 3 aromatic carbocycles. The summed E-state index contributed by atoms with van der Waals surface area (Å²) < 4.78 is 16.8. The molecule has 1 amide bonds. The third-order valence-electron chi connectivity index (χ3n) is 7.00. The van der Waals surface area contributed by atoms with Crippen molar-refractivity contribution in [3.63, 3.8) is 0 Å². The minimum atomic E-state index is -0.732. The van der Waals surface area contributed by atoms with Crippen molar-refractivity contribution in [2.75, 3.05) is 7.11 Å². The van der Waals surface area contributed by atoms with Gasteiger partial charge in [-0.25, -0.2) is 9.59 Å². The van der Waals surface area contributed by atoms with E-state index in [1.54, 1.807) is 20.8 Å². The number of amides is 1. The van der Waals surface area contributed by atoms with E-state index in [1.807, 2.05) is 18.2 Å². The van der Waals surface area contributed by atoms with E-state index in [-0.39, 0.29) is 6.54 Å². The molecule has 6 nitrogen and oxygen atoms in total. The Morgan fingerprint density at radius 1 is 0.947 bits per heavy atom. The van der Waals surface area contributed by atoms with Gasteiger partial charge in [-0.05, 0) is 98.2 Å². The number of hydrogen-bond acceptors (Lipinski definition) is 5. The van der Waals surface area contributed by atoms with Crippen LogP contribution in [0.15, 0.2) is 54.6 Å². The summed E-state index contributed by atoms with van der Waals surface area (Å²) in [5.41, 5.74) is 8.53. The fourth-order valence-corrected chi connectivity index (χ4v) is 5.02. The average molecular weight is 516 g/mol. The standard InChI is InChI=1S/C32H37NO5/c1-20-10-8-11-21(2)29(20)27-13-9-12-24(22(27)3)19-37-26-15-14-23-17-28(30(34)36-7)33(18-25(23)16-26)31(35)38-32(4,5)6/h8-16,28H,17-19H2,1-7H3/t28-/m0/s1. The van der Waals surface area contributed by atoms with Gasteiger partial charge in [-0.15, -0.1) is 0 Å². The third kappa shape index (κ3) is 5.85. The van der Waals surface area contributed by atoms with E-state index in [2.05, 4.69) is 57.2 Å². The van der Waals surface area contributed by atoms with E-state index in [0.717, 1.165) is 16.7 Å². The average Bonchev–Trinajstić information content (AvgIpc) is 2.86. The highest BCUT2D eigenvalue weighted by molar-refractivity contribution is 5.82. The second-order valence-corrected chi connectivity index (χ2v) is 10.9. The van der Waals surface area contributed by atoms with Gasteiger partial charge in [0.2, 0.25) is 0 Å². The van der Waals surface area contributed by atoms with Gasteiger partial charge in [0.05, 0.1) is 13.7 Å². The highest BCUT2D eigenvalue weighted by atomic mass is 16.6. The second-order valence-electron chi connectivity index (χ2n) is 10.9. The molecule has 6 heteroatoms. The molecule has 0 radical (unpaired) electrons. The van der Waals surface area contributed by atoms with Crippen LogP contribution in [-0.2, 0) is 33.8 Å². The fraction of sp³-hybridized carbons (Fsp3) is 0.375. The number of carbonyl (C=O) groups is 2. The number of nitrogens with zero attached hydrogens (tertiary/aromatic N) is 1. The summed E-state index contributed by atoms with van der Waals surface area (Å²) in [5, 5.41) is 0. The van der Waals surface area contributed by atoms with Crippen LogP contribution in [-0.4, -0.2) is 35.7 Å². The molecule has 38 heavy (non-hydrogen) atoms. The van der Waals surface area contributed by atoms with Crippen molar-refractivity contribution in [3.05, 3.63) is 88.0 Å². The Balaban J connectivity index is 1.56. The van der Waals surface area contributed by atoms with Crippen molar-refractivity contribution in [2.45, 2.75) is 72.8 Å². The first kappa shape index (κ1) is 27.2. The summed E-state index contributed by atoms with van der Waals surface area (Å²) in [6, 6.07) is 17.8. The molecule has 0 saturated carbocycles. The molecule has 0 N–H and O–H groups in total. The number of rotatable bonds is 5. The van der Waals surface area contributed by atoms with Crippen LogP contribution < -0.4 is 4.74 Å². The zero-order chi connectivity index (χ0) is 27.6. The number of methoxy groups -OCH3 is 1. The smallest absolute Gasteiger partial charge is 0.411 e. The Morgan fingerprint density at radius 2 is 1.63 bits per heavy atom. The summed E-state index contributed by atoms with van der Waals surface area (Å²) in [7, 11) is 1.33. The Hall–Kier alpha value is -3.80. The number of ether oxygens (including phenoxy) is 3. The predicted octanol–water partition coefficient (Wildman–Crippen LogP) is 6.69. The lowest BCUT2D eigenvalue weighted by atomic mass is 9.91. The fourth-order valence-electron chi connectivity index (χ4n) is 5.02. The van der Waals surface area contributed by atoms with Crippen LogP contribution in [0.3, 0.4) is 0 Å². The molecule has 200 valence electrons. The maximum atomic E-state index is 12.9. The van der Waals surface area contributed by atoms with Gasteiger partial charge in [-0.2, -0.15) is 0 Å². The number of fused-ring (bicyclic) bond motifs is 1. The first-order valence-corrected chi connectivity index (χ1v) is 13.0. The zero-order valence-electron chi connectivity index (χ0n) is 23.4. The number of aryl methyl sites for hydroxylation is 2. The molecule has 1 atom stereocenters. The Morgan fingerprint density at radius 3 is 2.29 bits per heavy atom.